The van der Waals surface area contributed by atoms with Gasteiger partial charge in [0.2, 0.25) is 0 Å². The summed E-state index contributed by atoms with van der Waals surface area (Å²) in [6, 6.07) is 5.79. The molecule has 1 aromatic rings. The first-order valence-corrected chi connectivity index (χ1v) is 6.18. The van der Waals surface area contributed by atoms with E-state index in [-0.39, 0.29) is 5.60 Å². The summed E-state index contributed by atoms with van der Waals surface area (Å²) in [5, 5.41) is 0.778. The van der Waals surface area contributed by atoms with Gasteiger partial charge < -0.3 is 10.5 Å². The van der Waals surface area contributed by atoms with Crippen LogP contribution in [0.25, 0.3) is 0 Å². The van der Waals surface area contributed by atoms with Gasteiger partial charge in [-0.25, -0.2) is 0 Å². The first kappa shape index (κ1) is 11.7. The Balaban J connectivity index is 2.16. The fourth-order valence-electron chi connectivity index (χ4n) is 2.30. The van der Waals surface area contributed by atoms with Crippen molar-refractivity contribution in [2.75, 3.05) is 6.54 Å². The largest absolute Gasteiger partial charge is 0.486 e. The van der Waals surface area contributed by atoms with Gasteiger partial charge in [0, 0.05) is 11.6 Å². The molecule has 0 amide bonds. The molecule has 2 N–H and O–H groups in total. The second-order valence-electron chi connectivity index (χ2n) is 4.61. The van der Waals surface area contributed by atoms with Crippen LogP contribution in [0.15, 0.2) is 18.2 Å². The van der Waals surface area contributed by atoms with E-state index in [1.54, 1.807) is 0 Å². The molecule has 16 heavy (non-hydrogen) atoms. The Bertz CT molecular complexity index is 372. The minimum absolute atomic E-state index is 0.139. The predicted octanol–water partition coefficient (Wildman–Crippen LogP) is 3.30. The molecule has 0 bridgehead atoms. The van der Waals surface area contributed by atoms with Crippen LogP contribution in [0.1, 0.15) is 31.2 Å². The molecule has 0 aliphatic heterocycles. The topological polar surface area (TPSA) is 35.2 Å². The average Bonchev–Trinajstić information content (AvgIpc) is 2.73. The van der Waals surface area contributed by atoms with Gasteiger partial charge in [-0.05, 0) is 56.4 Å². The quantitative estimate of drug-likeness (QED) is 0.879. The van der Waals surface area contributed by atoms with Crippen molar-refractivity contribution in [1.29, 1.82) is 0 Å². The van der Waals surface area contributed by atoms with Gasteiger partial charge in [-0.2, -0.15) is 0 Å². The maximum absolute atomic E-state index is 6.06. The van der Waals surface area contributed by atoms with Crippen LogP contribution in [-0.4, -0.2) is 12.1 Å². The maximum atomic E-state index is 6.06. The van der Waals surface area contributed by atoms with Crippen molar-refractivity contribution in [3.63, 3.8) is 0 Å². The zero-order valence-electron chi connectivity index (χ0n) is 9.63. The SMILES string of the molecule is Cc1cc(OC2(CN)CCCC2)ccc1Cl. The lowest BCUT2D eigenvalue weighted by Gasteiger charge is -2.29. The van der Waals surface area contributed by atoms with E-state index in [0.29, 0.717) is 6.54 Å². The lowest BCUT2D eigenvalue weighted by atomic mass is 10.0. The third kappa shape index (κ3) is 2.33. The Morgan fingerprint density at radius 3 is 2.62 bits per heavy atom. The fraction of sp³-hybridized carbons (Fsp3) is 0.538. The third-order valence-electron chi connectivity index (χ3n) is 3.35. The van der Waals surface area contributed by atoms with E-state index in [1.807, 2.05) is 25.1 Å². The number of halogens is 1. The van der Waals surface area contributed by atoms with E-state index in [1.165, 1.54) is 12.8 Å². The molecule has 2 nitrogen and oxygen atoms in total. The summed E-state index contributed by atoms with van der Waals surface area (Å²) in [6.07, 6.45) is 4.55. The van der Waals surface area contributed by atoms with Gasteiger partial charge in [-0.15, -0.1) is 0 Å². The normalized spacial score (nSPS) is 18.7. The van der Waals surface area contributed by atoms with Crippen LogP contribution in [0.2, 0.25) is 5.02 Å². The Morgan fingerprint density at radius 1 is 1.38 bits per heavy atom. The molecule has 0 atom stereocenters. The Morgan fingerprint density at radius 2 is 2.06 bits per heavy atom. The number of aryl methyl sites for hydroxylation is 1. The van der Waals surface area contributed by atoms with Crippen LogP contribution in [0.3, 0.4) is 0 Å². The molecular weight excluding hydrogens is 222 g/mol. The molecule has 0 heterocycles. The highest BCUT2D eigenvalue weighted by molar-refractivity contribution is 6.31. The minimum Gasteiger partial charge on any atom is -0.486 e. The number of rotatable bonds is 3. The first-order valence-electron chi connectivity index (χ1n) is 5.80. The van der Waals surface area contributed by atoms with Gasteiger partial charge in [0.1, 0.15) is 11.4 Å². The van der Waals surface area contributed by atoms with E-state index in [0.717, 1.165) is 29.2 Å². The lowest BCUT2D eigenvalue weighted by Crippen LogP contribution is -2.40. The molecule has 0 spiro atoms. The number of ether oxygens (including phenoxy) is 1. The molecule has 1 aliphatic rings. The molecule has 1 aromatic carbocycles. The van der Waals surface area contributed by atoms with Crippen LogP contribution >= 0.6 is 11.6 Å². The minimum atomic E-state index is -0.139. The van der Waals surface area contributed by atoms with E-state index in [9.17, 15) is 0 Å². The van der Waals surface area contributed by atoms with Crippen molar-refractivity contribution in [1.82, 2.24) is 0 Å². The number of nitrogens with two attached hydrogens (primary N) is 1. The van der Waals surface area contributed by atoms with E-state index >= 15 is 0 Å². The molecule has 0 unspecified atom stereocenters. The zero-order valence-corrected chi connectivity index (χ0v) is 10.4. The summed E-state index contributed by atoms with van der Waals surface area (Å²) in [5.41, 5.74) is 6.74. The molecule has 88 valence electrons. The van der Waals surface area contributed by atoms with Crippen molar-refractivity contribution in [3.05, 3.63) is 28.8 Å². The molecule has 1 saturated carbocycles. The van der Waals surface area contributed by atoms with E-state index < -0.39 is 0 Å². The Labute approximate surface area is 102 Å². The summed E-state index contributed by atoms with van der Waals surface area (Å²) < 4.78 is 6.06. The van der Waals surface area contributed by atoms with Crippen molar-refractivity contribution < 1.29 is 4.74 Å². The number of hydrogen-bond acceptors (Lipinski definition) is 2. The van der Waals surface area contributed by atoms with Crippen LogP contribution < -0.4 is 10.5 Å². The van der Waals surface area contributed by atoms with Gasteiger partial charge in [0.05, 0.1) is 0 Å². The summed E-state index contributed by atoms with van der Waals surface area (Å²) in [6.45, 7) is 2.58. The standard InChI is InChI=1S/C13H18ClNO/c1-10-8-11(4-5-12(10)14)16-13(9-15)6-2-3-7-13/h4-5,8H,2-3,6-7,9,15H2,1H3. The summed E-state index contributed by atoms with van der Waals surface area (Å²) in [7, 11) is 0. The van der Waals surface area contributed by atoms with Crippen LogP contribution in [0, 0.1) is 6.92 Å². The van der Waals surface area contributed by atoms with Crippen molar-refractivity contribution >= 4 is 11.6 Å². The number of benzene rings is 1. The Kier molecular flexibility index (Phi) is 3.41. The first-order chi connectivity index (χ1) is 7.65. The molecule has 0 radical (unpaired) electrons. The van der Waals surface area contributed by atoms with Gasteiger partial charge in [-0.1, -0.05) is 11.6 Å². The van der Waals surface area contributed by atoms with Gasteiger partial charge >= 0.3 is 0 Å². The molecule has 1 fully saturated rings. The molecule has 2 rings (SSSR count). The van der Waals surface area contributed by atoms with Crippen molar-refractivity contribution in [2.24, 2.45) is 5.73 Å². The smallest absolute Gasteiger partial charge is 0.121 e. The summed E-state index contributed by atoms with van der Waals surface area (Å²) in [4.78, 5) is 0. The van der Waals surface area contributed by atoms with Crippen LogP contribution in [0.5, 0.6) is 5.75 Å². The van der Waals surface area contributed by atoms with Gasteiger partial charge in [0.15, 0.2) is 0 Å². The average molecular weight is 240 g/mol. The number of hydrogen-bond donors (Lipinski definition) is 1. The van der Waals surface area contributed by atoms with E-state index in [4.69, 9.17) is 22.1 Å². The molecule has 0 aromatic heterocycles. The highest BCUT2D eigenvalue weighted by atomic mass is 35.5. The van der Waals surface area contributed by atoms with Crippen molar-refractivity contribution in [3.8, 4) is 5.75 Å². The van der Waals surface area contributed by atoms with E-state index in [2.05, 4.69) is 0 Å². The van der Waals surface area contributed by atoms with Crippen molar-refractivity contribution in [2.45, 2.75) is 38.2 Å². The highest BCUT2D eigenvalue weighted by Gasteiger charge is 2.34. The van der Waals surface area contributed by atoms with Crippen LogP contribution in [-0.2, 0) is 0 Å². The molecule has 3 heteroatoms. The third-order valence-corrected chi connectivity index (χ3v) is 3.77. The van der Waals surface area contributed by atoms with Crippen LogP contribution in [0.4, 0.5) is 0 Å². The zero-order chi connectivity index (χ0) is 11.6. The monoisotopic (exact) mass is 239 g/mol. The molecule has 0 saturated heterocycles. The second kappa shape index (κ2) is 4.64. The lowest BCUT2D eigenvalue weighted by molar-refractivity contribution is 0.0852. The molecular formula is C13H18ClNO. The summed E-state index contributed by atoms with van der Waals surface area (Å²) in [5.74, 6) is 0.884. The second-order valence-corrected chi connectivity index (χ2v) is 5.01. The Hall–Kier alpha value is -0.730. The fourth-order valence-corrected chi connectivity index (χ4v) is 2.42. The van der Waals surface area contributed by atoms with Gasteiger partial charge in [0.25, 0.3) is 0 Å². The predicted molar refractivity (Wildman–Crippen MR) is 67.1 cm³/mol. The van der Waals surface area contributed by atoms with Gasteiger partial charge in [-0.3, -0.25) is 0 Å². The highest BCUT2D eigenvalue weighted by Crippen LogP contribution is 2.34. The maximum Gasteiger partial charge on any atom is 0.121 e. The summed E-state index contributed by atoms with van der Waals surface area (Å²) >= 11 is 5.99. The molecule has 1 aliphatic carbocycles.